The Morgan fingerprint density at radius 1 is 1.67 bits per heavy atom. The van der Waals surface area contributed by atoms with E-state index in [9.17, 15) is 9.59 Å². The predicted octanol–water partition coefficient (Wildman–Crippen LogP) is 0.0325. The number of rotatable bonds is 3. The third kappa shape index (κ3) is 3.05. The van der Waals surface area contributed by atoms with Gasteiger partial charge in [-0.2, -0.15) is 5.10 Å². The van der Waals surface area contributed by atoms with Crippen molar-refractivity contribution in [3.8, 4) is 0 Å². The van der Waals surface area contributed by atoms with Crippen LogP contribution in [0.15, 0.2) is 15.5 Å². The average molecular weight is 275 g/mol. The summed E-state index contributed by atoms with van der Waals surface area (Å²) >= 11 is 3.10. The largest absolute Gasteiger partial charge is 0.374 e. The minimum atomic E-state index is -0.336. The number of hydrogen-bond donors (Lipinski definition) is 2. The maximum atomic E-state index is 11.3. The van der Waals surface area contributed by atoms with Crippen molar-refractivity contribution in [1.29, 1.82) is 0 Å². The maximum absolute atomic E-state index is 11.3. The molecule has 0 saturated carbocycles. The van der Waals surface area contributed by atoms with Gasteiger partial charge in [-0.15, -0.1) is 0 Å². The second-order valence-electron chi connectivity index (χ2n) is 3.07. The highest BCUT2D eigenvalue weighted by atomic mass is 79.9. The number of likely N-dealkylation sites (N-methyl/N-ethyl adjacent to an activating group) is 1. The van der Waals surface area contributed by atoms with E-state index in [1.54, 1.807) is 14.1 Å². The molecule has 7 heteroatoms. The summed E-state index contributed by atoms with van der Waals surface area (Å²) < 4.78 is 0.337. The monoisotopic (exact) mass is 274 g/mol. The number of H-pyrrole nitrogens is 1. The van der Waals surface area contributed by atoms with E-state index in [1.807, 2.05) is 0 Å². The van der Waals surface area contributed by atoms with E-state index in [1.165, 1.54) is 11.1 Å². The SMILES string of the molecule is CN(C)C(=O)CNc1cn[nH]c(=O)c1Br. The number of aromatic nitrogens is 2. The zero-order chi connectivity index (χ0) is 11.4. The Bertz CT molecular complexity index is 415. The molecule has 1 rings (SSSR count). The minimum absolute atomic E-state index is 0.0813. The Kier molecular flexibility index (Phi) is 3.84. The molecule has 0 fully saturated rings. The zero-order valence-electron chi connectivity index (χ0n) is 8.37. The minimum Gasteiger partial charge on any atom is -0.374 e. The zero-order valence-corrected chi connectivity index (χ0v) is 9.96. The summed E-state index contributed by atoms with van der Waals surface area (Å²) in [7, 11) is 3.32. The van der Waals surface area contributed by atoms with Gasteiger partial charge in [0.15, 0.2) is 0 Å². The first-order valence-electron chi connectivity index (χ1n) is 4.19. The van der Waals surface area contributed by atoms with E-state index in [0.29, 0.717) is 10.2 Å². The molecule has 1 heterocycles. The van der Waals surface area contributed by atoms with Gasteiger partial charge in [0.1, 0.15) is 4.47 Å². The highest BCUT2D eigenvalue weighted by molar-refractivity contribution is 9.10. The molecular formula is C8H11BrN4O2. The van der Waals surface area contributed by atoms with E-state index in [-0.39, 0.29) is 18.0 Å². The molecule has 2 N–H and O–H groups in total. The van der Waals surface area contributed by atoms with Gasteiger partial charge in [0.25, 0.3) is 5.56 Å². The van der Waals surface area contributed by atoms with Crippen LogP contribution in [0.2, 0.25) is 0 Å². The standard InChI is InChI=1S/C8H11BrN4O2/c1-13(2)6(14)4-10-5-3-11-12-8(15)7(5)9/h3H,4H2,1-2H3,(H2,10,12,15). The van der Waals surface area contributed by atoms with Crippen molar-refractivity contribution in [2.75, 3.05) is 26.0 Å². The van der Waals surface area contributed by atoms with Crippen molar-refractivity contribution < 1.29 is 4.79 Å². The van der Waals surface area contributed by atoms with Crippen LogP contribution in [0.4, 0.5) is 5.69 Å². The lowest BCUT2D eigenvalue weighted by atomic mass is 10.4. The molecule has 6 nitrogen and oxygen atoms in total. The fourth-order valence-corrected chi connectivity index (χ4v) is 1.17. The molecule has 0 saturated heterocycles. The molecule has 0 aliphatic carbocycles. The van der Waals surface area contributed by atoms with Gasteiger partial charge < -0.3 is 10.2 Å². The molecule has 82 valence electrons. The van der Waals surface area contributed by atoms with Crippen molar-refractivity contribution >= 4 is 27.5 Å². The summed E-state index contributed by atoms with van der Waals surface area (Å²) in [6.45, 7) is 0.122. The Balaban J connectivity index is 2.70. The second kappa shape index (κ2) is 4.92. The number of aromatic amines is 1. The topological polar surface area (TPSA) is 78.1 Å². The van der Waals surface area contributed by atoms with Gasteiger partial charge in [-0.25, -0.2) is 5.10 Å². The van der Waals surface area contributed by atoms with Crippen LogP contribution in [0.5, 0.6) is 0 Å². The van der Waals surface area contributed by atoms with Gasteiger partial charge in [0.2, 0.25) is 5.91 Å². The summed E-state index contributed by atoms with van der Waals surface area (Å²) in [5.41, 5.74) is 0.159. The lowest BCUT2D eigenvalue weighted by Crippen LogP contribution is -2.29. The first-order chi connectivity index (χ1) is 7.02. The molecule has 0 spiro atoms. The number of carbonyl (C=O) groups is 1. The second-order valence-corrected chi connectivity index (χ2v) is 3.86. The van der Waals surface area contributed by atoms with E-state index in [0.717, 1.165) is 0 Å². The molecule has 0 unspecified atom stereocenters. The van der Waals surface area contributed by atoms with Crippen LogP contribution in [0.3, 0.4) is 0 Å². The summed E-state index contributed by atoms with van der Waals surface area (Å²) in [4.78, 5) is 23.8. The average Bonchev–Trinajstić information content (AvgIpc) is 2.19. The molecule has 0 atom stereocenters. The van der Waals surface area contributed by atoms with E-state index in [2.05, 4.69) is 31.4 Å². The number of halogens is 1. The molecule has 0 radical (unpaired) electrons. The van der Waals surface area contributed by atoms with Gasteiger partial charge in [-0.3, -0.25) is 9.59 Å². The number of carbonyl (C=O) groups excluding carboxylic acids is 1. The Hall–Kier alpha value is -1.37. The van der Waals surface area contributed by atoms with Gasteiger partial charge in [-0.05, 0) is 15.9 Å². The van der Waals surface area contributed by atoms with Crippen LogP contribution in [-0.2, 0) is 4.79 Å². The maximum Gasteiger partial charge on any atom is 0.280 e. The van der Waals surface area contributed by atoms with E-state index in [4.69, 9.17) is 0 Å². The summed E-state index contributed by atoms with van der Waals surface area (Å²) in [5.74, 6) is -0.0813. The van der Waals surface area contributed by atoms with Crippen molar-refractivity contribution in [3.63, 3.8) is 0 Å². The van der Waals surface area contributed by atoms with E-state index >= 15 is 0 Å². The van der Waals surface area contributed by atoms with Crippen LogP contribution in [0, 0.1) is 0 Å². The van der Waals surface area contributed by atoms with Crippen molar-refractivity contribution in [3.05, 3.63) is 21.0 Å². The molecule has 1 aromatic heterocycles. The molecule has 0 aromatic carbocycles. The highest BCUT2D eigenvalue weighted by Gasteiger charge is 2.07. The number of hydrogen-bond acceptors (Lipinski definition) is 4. The molecular weight excluding hydrogens is 264 g/mol. The Labute approximate surface area is 94.8 Å². The first kappa shape index (κ1) is 11.7. The van der Waals surface area contributed by atoms with E-state index < -0.39 is 0 Å². The summed E-state index contributed by atoms with van der Waals surface area (Å²) in [5, 5.41) is 8.69. The van der Waals surface area contributed by atoms with Crippen molar-refractivity contribution in [1.82, 2.24) is 15.1 Å². The number of nitrogens with zero attached hydrogens (tertiary/aromatic N) is 2. The van der Waals surface area contributed by atoms with Crippen LogP contribution in [-0.4, -0.2) is 41.6 Å². The normalized spacial score (nSPS) is 9.80. The molecule has 0 bridgehead atoms. The fraction of sp³-hybridized carbons (Fsp3) is 0.375. The highest BCUT2D eigenvalue weighted by Crippen LogP contribution is 2.14. The van der Waals surface area contributed by atoms with Crippen LogP contribution < -0.4 is 10.9 Å². The van der Waals surface area contributed by atoms with Crippen LogP contribution >= 0.6 is 15.9 Å². The van der Waals surface area contributed by atoms with Gasteiger partial charge in [0.05, 0.1) is 18.4 Å². The molecule has 0 aliphatic rings. The molecule has 1 amide bonds. The predicted molar refractivity (Wildman–Crippen MR) is 59.7 cm³/mol. The van der Waals surface area contributed by atoms with Crippen LogP contribution in [0.25, 0.3) is 0 Å². The fourth-order valence-electron chi connectivity index (χ4n) is 0.836. The lowest BCUT2D eigenvalue weighted by molar-refractivity contribution is -0.126. The molecule has 0 aliphatic heterocycles. The van der Waals surface area contributed by atoms with Crippen molar-refractivity contribution in [2.45, 2.75) is 0 Å². The number of nitrogens with one attached hydrogen (secondary N) is 2. The third-order valence-electron chi connectivity index (χ3n) is 1.72. The van der Waals surface area contributed by atoms with Crippen molar-refractivity contribution in [2.24, 2.45) is 0 Å². The third-order valence-corrected chi connectivity index (χ3v) is 2.51. The quantitative estimate of drug-likeness (QED) is 0.816. The lowest BCUT2D eigenvalue weighted by Gasteiger charge is -2.11. The Morgan fingerprint density at radius 3 is 2.93 bits per heavy atom. The summed E-state index contributed by atoms with van der Waals surface area (Å²) in [6, 6.07) is 0. The van der Waals surface area contributed by atoms with Gasteiger partial charge >= 0.3 is 0 Å². The number of amides is 1. The van der Waals surface area contributed by atoms with Gasteiger partial charge in [-0.1, -0.05) is 0 Å². The molecule has 1 aromatic rings. The summed E-state index contributed by atoms with van der Waals surface area (Å²) in [6.07, 6.45) is 1.44. The number of anilines is 1. The van der Waals surface area contributed by atoms with Gasteiger partial charge in [0, 0.05) is 14.1 Å². The smallest absolute Gasteiger partial charge is 0.280 e. The Morgan fingerprint density at radius 2 is 2.33 bits per heavy atom. The van der Waals surface area contributed by atoms with Crippen LogP contribution in [0.1, 0.15) is 0 Å². The first-order valence-corrected chi connectivity index (χ1v) is 4.99. The molecule has 15 heavy (non-hydrogen) atoms.